The van der Waals surface area contributed by atoms with Gasteiger partial charge in [-0.25, -0.2) is 0 Å². The number of morpholine rings is 1. The van der Waals surface area contributed by atoms with Crippen LogP contribution in [0.15, 0.2) is 18.2 Å². The van der Waals surface area contributed by atoms with Gasteiger partial charge < -0.3 is 14.3 Å². The molecule has 0 N–H and O–H groups in total. The van der Waals surface area contributed by atoms with Crippen LogP contribution in [0.1, 0.15) is 17.3 Å². The standard InChI is InChI=1S/C14H17NO5/c1-10(17)12-9-19-6-5-15(12)20-13-4-3-11(8-16)7-14(13)18-2/h3-4,7-8,12H,5-6,9H2,1-2H3. The van der Waals surface area contributed by atoms with Gasteiger partial charge >= 0.3 is 0 Å². The van der Waals surface area contributed by atoms with Crippen LogP contribution < -0.4 is 9.57 Å². The summed E-state index contributed by atoms with van der Waals surface area (Å²) in [6, 6.07) is 4.44. The van der Waals surface area contributed by atoms with Crippen LogP contribution in [-0.2, 0) is 9.53 Å². The number of ether oxygens (including phenoxy) is 2. The second kappa shape index (κ2) is 6.49. The van der Waals surface area contributed by atoms with Gasteiger partial charge in [-0.05, 0) is 25.1 Å². The molecule has 2 rings (SSSR count). The fourth-order valence-electron chi connectivity index (χ4n) is 1.98. The van der Waals surface area contributed by atoms with E-state index in [1.165, 1.54) is 14.0 Å². The predicted octanol–water partition coefficient (Wildman–Crippen LogP) is 1.09. The number of carbonyl (C=O) groups excluding carboxylic acids is 2. The molecule has 1 heterocycles. The molecule has 0 radical (unpaired) electrons. The van der Waals surface area contributed by atoms with Crippen molar-refractivity contribution in [2.75, 3.05) is 26.9 Å². The summed E-state index contributed by atoms with van der Waals surface area (Å²) >= 11 is 0. The van der Waals surface area contributed by atoms with E-state index in [0.29, 0.717) is 36.8 Å². The fourth-order valence-corrected chi connectivity index (χ4v) is 1.98. The average Bonchev–Trinajstić information content (AvgIpc) is 2.48. The molecule has 1 aliphatic heterocycles. The van der Waals surface area contributed by atoms with E-state index in [2.05, 4.69) is 0 Å². The smallest absolute Gasteiger partial charge is 0.189 e. The lowest BCUT2D eigenvalue weighted by Gasteiger charge is -2.33. The summed E-state index contributed by atoms with van der Waals surface area (Å²) in [5.41, 5.74) is 0.499. The summed E-state index contributed by atoms with van der Waals surface area (Å²) < 4.78 is 10.5. The van der Waals surface area contributed by atoms with Crippen LogP contribution in [0.25, 0.3) is 0 Å². The van der Waals surface area contributed by atoms with Gasteiger partial charge in [-0.2, -0.15) is 0 Å². The van der Waals surface area contributed by atoms with Crippen molar-refractivity contribution in [2.24, 2.45) is 0 Å². The Labute approximate surface area is 117 Å². The van der Waals surface area contributed by atoms with E-state index < -0.39 is 6.04 Å². The van der Waals surface area contributed by atoms with Crippen molar-refractivity contribution in [3.05, 3.63) is 23.8 Å². The first-order valence-electron chi connectivity index (χ1n) is 6.31. The zero-order valence-corrected chi connectivity index (χ0v) is 11.5. The van der Waals surface area contributed by atoms with Gasteiger partial charge in [-0.15, -0.1) is 5.06 Å². The number of nitrogens with zero attached hydrogens (tertiary/aromatic N) is 1. The molecule has 0 spiro atoms. The Kier molecular flexibility index (Phi) is 4.70. The van der Waals surface area contributed by atoms with E-state index in [4.69, 9.17) is 14.3 Å². The summed E-state index contributed by atoms with van der Waals surface area (Å²) in [7, 11) is 1.50. The van der Waals surface area contributed by atoms with E-state index in [1.807, 2.05) is 0 Å². The number of ketones is 1. The second-order valence-corrected chi connectivity index (χ2v) is 4.46. The monoisotopic (exact) mass is 279 g/mol. The van der Waals surface area contributed by atoms with Crippen molar-refractivity contribution in [3.63, 3.8) is 0 Å². The number of methoxy groups -OCH3 is 1. The first-order valence-corrected chi connectivity index (χ1v) is 6.31. The van der Waals surface area contributed by atoms with Gasteiger partial charge in [0, 0.05) is 5.56 Å². The number of benzene rings is 1. The molecule has 108 valence electrons. The summed E-state index contributed by atoms with van der Waals surface area (Å²) in [4.78, 5) is 28.1. The van der Waals surface area contributed by atoms with E-state index in [-0.39, 0.29) is 5.78 Å². The van der Waals surface area contributed by atoms with Crippen LogP contribution in [0.5, 0.6) is 11.5 Å². The lowest BCUT2D eigenvalue weighted by molar-refractivity contribution is -0.169. The molecule has 0 bridgehead atoms. The van der Waals surface area contributed by atoms with Crippen LogP contribution in [0, 0.1) is 0 Å². The Morgan fingerprint density at radius 2 is 2.25 bits per heavy atom. The maximum absolute atomic E-state index is 11.6. The number of aldehydes is 1. The zero-order chi connectivity index (χ0) is 14.5. The first-order chi connectivity index (χ1) is 9.65. The minimum Gasteiger partial charge on any atom is -0.493 e. The molecule has 6 heteroatoms. The zero-order valence-electron chi connectivity index (χ0n) is 11.5. The lowest BCUT2D eigenvalue weighted by Crippen LogP contribution is -2.50. The molecule has 1 aliphatic rings. The molecular formula is C14H17NO5. The van der Waals surface area contributed by atoms with E-state index in [9.17, 15) is 9.59 Å². The Balaban J connectivity index is 2.19. The molecule has 0 aliphatic carbocycles. The SMILES string of the molecule is COc1cc(C=O)ccc1ON1CCOCC1C(C)=O. The fraction of sp³-hybridized carbons (Fsp3) is 0.429. The summed E-state index contributed by atoms with van der Waals surface area (Å²) in [5.74, 6) is 0.892. The Morgan fingerprint density at radius 1 is 1.45 bits per heavy atom. The third-order valence-electron chi connectivity index (χ3n) is 3.09. The average molecular weight is 279 g/mol. The highest BCUT2D eigenvalue weighted by atomic mass is 16.7. The molecule has 1 saturated heterocycles. The van der Waals surface area contributed by atoms with Gasteiger partial charge in [0.25, 0.3) is 0 Å². The minimum absolute atomic E-state index is 0.0202. The number of hydrogen-bond donors (Lipinski definition) is 0. The van der Waals surface area contributed by atoms with Crippen molar-refractivity contribution >= 4 is 12.1 Å². The highest BCUT2D eigenvalue weighted by Gasteiger charge is 2.29. The van der Waals surface area contributed by atoms with Crippen molar-refractivity contribution < 1.29 is 23.9 Å². The van der Waals surface area contributed by atoms with Crippen LogP contribution in [0.2, 0.25) is 0 Å². The van der Waals surface area contributed by atoms with E-state index in [1.54, 1.807) is 23.3 Å². The van der Waals surface area contributed by atoms with Gasteiger partial charge in [0.15, 0.2) is 17.3 Å². The lowest BCUT2D eigenvalue weighted by atomic mass is 10.2. The quantitative estimate of drug-likeness (QED) is 0.752. The molecule has 0 amide bonds. The highest BCUT2D eigenvalue weighted by Crippen LogP contribution is 2.29. The Hall–Kier alpha value is -1.92. The molecule has 1 atom stereocenters. The Bertz CT molecular complexity index is 502. The third-order valence-corrected chi connectivity index (χ3v) is 3.09. The number of hydroxylamine groups is 2. The molecule has 0 saturated carbocycles. The second-order valence-electron chi connectivity index (χ2n) is 4.46. The van der Waals surface area contributed by atoms with Crippen LogP contribution in [0.4, 0.5) is 0 Å². The third kappa shape index (κ3) is 3.15. The summed E-state index contributed by atoms with van der Waals surface area (Å²) in [5, 5.41) is 1.59. The molecule has 6 nitrogen and oxygen atoms in total. The molecule has 20 heavy (non-hydrogen) atoms. The van der Waals surface area contributed by atoms with Gasteiger partial charge in [-0.1, -0.05) is 0 Å². The van der Waals surface area contributed by atoms with Gasteiger partial charge in [-0.3, -0.25) is 9.59 Å². The molecular weight excluding hydrogens is 262 g/mol. The van der Waals surface area contributed by atoms with Crippen molar-refractivity contribution in [3.8, 4) is 11.5 Å². The molecule has 1 unspecified atom stereocenters. The topological polar surface area (TPSA) is 65.1 Å². The summed E-state index contributed by atoms with van der Waals surface area (Å²) in [6.07, 6.45) is 0.736. The normalized spacial score (nSPS) is 19.4. The van der Waals surface area contributed by atoms with Gasteiger partial charge in [0.2, 0.25) is 0 Å². The van der Waals surface area contributed by atoms with Crippen molar-refractivity contribution in [1.82, 2.24) is 5.06 Å². The number of carbonyl (C=O) groups is 2. The number of Topliss-reactive ketones (excluding diaryl/α,β-unsaturated/α-hetero) is 1. The molecule has 0 aromatic heterocycles. The van der Waals surface area contributed by atoms with Crippen LogP contribution in [0.3, 0.4) is 0 Å². The van der Waals surface area contributed by atoms with E-state index in [0.717, 1.165) is 6.29 Å². The van der Waals surface area contributed by atoms with Crippen LogP contribution >= 0.6 is 0 Å². The maximum atomic E-state index is 11.6. The van der Waals surface area contributed by atoms with Crippen molar-refractivity contribution in [2.45, 2.75) is 13.0 Å². The predicted molar refractivity (Wildman–Crippen MR) is 71.0 cm³/mol. The number of hydrogen-bond acceptors (Lipinski definition) is 6. The van der Waals surface area contributed by atoms with E-state index >= 15 is 0 Å². The molecule has 1 aromatic rings. The largest absolute Gasteiger partial charge is 0.493 e. The molecule has 1 fully saturated rings. The van der Waals surface area contributed by atoms with Crippen molar-refractivity contribution in [1.29, 1.82) is 0 Å². The summed E-state index contributed by atoms with van der Waals surface area (Å²) in [6.45, 7) is 2.80. The highest BCUT2D eigenvalue weighted by molar-refractivity contribution is 5.81. The maximum Gasteiger partial charge on any atom is 0.189 e. The first kappa shape index (κ1) is 14.5. The minimum atomic E-state index is -0.431. The van der Waals surface area contributed by atoms with Gasteiger partial charge in [0.1, 0.15) is 12.3 Å². The Morgan fingerprint density at radius 3 is 2.90 bits per heavy atom. The van der Waals surface area contributed by atoms with Crippen LogP contribution in [-0.4, -0.2) is 50.0 Å². The number of rotatable bonds is 5. The van der Waals surface area contributed by atoms with Gasteiger partial charge in [0.05, 0.1) is 26.9 Å². The molecule has 1 aromatic carbocycles.